The summed E-state index contributed by atoms with van der Waals surface area (Å²) in [6, 6.07) is 0. The van der Waals surface area contributed by atoms with Crippen molar-refractivity contribution in [1.82, 2.24) is 0 Å². The average Bonchev–Trinajstić information content (AvgIpc) is 1.87. The quantitative estimate of drug-likeness (QED) is 0.619. The van der Waals surface area contributed by atoms with Gasteiger partial charge in [0.2, 0.25) is 0 Å². The molecule has 0 saturated carbocycles. The van der Waals surface area contributed by atoms with Crippen molar-refractivity contribution in [3.63, 3.8) is 0 Å². The van der Waals surface area contributed by atoms with Crippen LogP contribution in [0.15, 0.2) is 0 Å². The van der Waals surface area contributed by atoms with E-state index in [1.54, 1.807) is 0 Å². The summed E-state index contributed by atoms with van der Waals surface area (Å²) < 4.78 is 0. The van der Waals surface area contributed by atoms with Gasteiger partial charge in [0.05, 0.1) is 0 Å². The van der Waals surface area contributed by atoms with Crippen molar-refractivity contribution in [3.8, 4) is 0 Å². The minimum absolute atomic E-state index is 0.375. The third-order valence-corrected chi connectivity index (χ3v) is 3.03. The fraction of sp³-hybridized carbons (Fsp3) is 0.667. The van der Waals surface area contributed by atoms with Crippen LogP contribution in [0.1, 0.15) is 12.8 Å². The molecule has 0 aliphatic carbocycles. The first kappa shape index (κ1) is 14.5. The van der Waals surface area contributed by atoms with Crippen molar-refractivity contribution in [2.75, 3.05) is 0 Å². The second-order valence-corrected chi connectivity index (χ2v) is 6.48. The van der Waals surface area contributed by atoms with Crippen LogP contribution in [0, 0.1) is 0 Å². The number of carbonyl (C=O) groups is 2. The second-order valence-electron chi connectivity index (χ2n) is 2.29. The van der Waals surface area contributed by atoms with Crippen LogP contribution in [0.4, 0.5) is 0 Å². The molecule has 0 unspecified atom stereocenters. The van der Waals surface area contributed by atoms with Gasteiger partial charge in [-0.2, -0.15) is 0 Å². The van der Waals surface area contributed by atoms with Crippen LogP contribution in [0.2, 0.25) is 10.5 Å². The molecule has 0 atom stereocenters. The molecule has 6 heteroatoms. The molecule has 72 valence electrons. The van der Waals surface area contributed by atoms with Crippen molar-refractivity contribution >= 4 is 45.0 Å². The van der Waals surface area contributed by atoms with Gasteiger partial charge < -0.3 is 0 Å². The first-order valence-electron chi connectivity index (χ1n) is 3.98. The molecule has 2 N–H and O–H groups in total. The van der Waals surface area contributed by atoms with E-state index < -0.39 is 11.9 Å². The van der Waals surface area contributed by atoms with Gasteiger partial charge in [-0.1, -0.05) is 0 Å². The Balaban J connectivity index is 0. The summed E-state index contributed by atoms with van der Waals surface area (Å²) in [4.78, 5) is 19.3. The number of carboxylic acids is 2. The van der Waals surface area contributed by atoms with Gasteiger partial charge in [-0.3, -0.25) is 0 Å². The fourth-order valence-electron chi connectivity index (χ4n) is 0.428. The normalized spacial score (nSPS) is 8.67. The number of rotatable bonds is 4. The Labute approximate surface area is 88.2 Å². The second kappa shape index (κ2) is 11.0. The molecule has 4 nitrogen and oxygen atoms in total. The predicted octanol–water partition coefficient (Wildman–Crippen LogP) is -1.51. The number of carboxylic acid groups (broad SMARTS) is 2. The van der Waals surface area contributed by atoms with Gasteiger partial charge in [-0.15, -0.1) is 0 Å². The van der Waals surface area contributed by atoms with E-state index in [1.165, 1.54) is 0 Å². The van der Waals surface area contributed by atoms with Crippen molar-refractivity contribution in [1.29, 1.82) is 0 Å². The SMILES string of the molecule is O=C(O)C[CH2][GeH3].O=C(O)C[CH2][GeH3]. The van der Waals surface area contributed by atoms with Crippen LogP contribution in [0.5, 0.6) is 0 Å². The molecule has 0 aromatic rings. The first-order valence-corrected chi connectivity index (χ1v) is 9.91. The molecule has 0 amide bonds. The molecule has 0 aliphatic rings. The Morgan fingerprint density at radius 3 is 1.17 bits per heavy atom. The van der Waals surface area contributed by atoms with E-state index in [2.05, 4.69) is 0 Å². The molecule has 0 saturated heterocycles. The molecule has 0 bridgehead atoms. The van der Waals surface area contributed by atoms with E-state index in [0.717, 1.165) is 10.5 Å². The zero-order valence-electron chi connectivity index (χ0n) is 7.54. The molecular formula is C6H16Ge2O4. The number of aliphatic carboxylic acids is 2. The van der Waals surface area contributed by atoms with Crippen molar-refractivity contribution in [2.45, 2.75) is 23.3 Å². The van der Waals surface area contributed by atoms with Gasteiger partial charge in [-0.25, -0.2) is 0 Å². The average molecular weight is 297 g/mol. The van der Waals surface area contributed by atoms with Crippen molar-refractivity contribution < 1.29 is 19.8 Å². The molecule has 0 spiro atoms. The van der Waals surface area contributed by atoms with Gasteiger partial charge in [0.25, 0.3) is 0 Å². The van der Waals surface area contributed by atoms with Gasteiger partial charge in [0.15, 0.2) is 0 Å². The van der Waals surface area contributed by atoms with E-state index in [-0.39, 0.29) is 0 Å². The zero-order valence-corrected chi connectivity index (χ0v) is 15.9. The summed E-state index contributed by atoms with van der Waals surface area (Å²) in [6.07, 6.45) is 0.750. The molecule has 0 heterocycles. The number of hydrogen-bond acceptors (Lipinski definition) is 2. The minimum atomic E-state index is -0.664. The zero-order chi connectivity index (χ0) is 9.98. The fourth-order valence-corrected chi connectivity index (χ4v) is 2.22. The van der Waals surface area contributed by atoms with E-state index in [0.29, 0.717) is 45.9 Å². The summed E-state index contributed by atoms with van der Waals surface area (Å²) in [5.74, 6) is -1.33. The molecule has 0 rings (SSSR count). The van der Waals surface area contributed by atoms with Crippen molar-refractivity contribution in [3.05, 3.63) is 0 Å². The monoisotopic (exact) mass is 300 g/mol. The Kier molecular flexibility index (Phi) is 13.4. The van der Waals surface area contributed by atoms with Crippen LogP contribution >= 0.6 is 0 Å². The Hall–Kier alpha value is 0.0257. The van der Waals surface area contributed by atoms with Crippen LogP contribution in [0.25, 0.3) is 0 Å². The molecule has 0 fully saturated rings. The summed E-state index contributed by atoms with van der Waals surface area (Å²) in [5, 5.41) is 17.7. The molecule has 0 aromatic carbocycles. The number of hydrogen-bond donors (Lipinski definition) is 2. The Morgan fingerprint density at radius 2 is 1.17 bits per heavy atom. The van der Waals surface area contributed by atoms with E-state index in [4.69, 9.17) is 10.2 Å². The summed E-state index contributed by atoms with van der Waals surface area (Å²) in [7, 11) is 0. The third-order valence-electron chi connectivity index (χ3n) is 0.928. The van der Waals surface area contributed by atoms with Gasteiger partial charge >= 0.3 is 88.1 Å². The summed E-state index contributed by atoms with van der Waals surface area (Å²) in [6.45, 7) is 0. The molecule has 0 aromatic heterocycles. The maximum atomic E-state index is 9.63. The van der Waals surface area contributed by atoms with Crippen LogP contribution in [-0.2, 0) is 9.59 Å². The van der Waals surface area contributed by atoms with E-state index in [9.17, 15) is 9.59 Å². The van der Waals surface area contributed by atoms with Crippen LogP contribution in [-0.4, -0.2) is 55.2 Å². The third kappa shape index (κ3) is 22.5. The summed E-state index contributed by atoms with van der Waals surface area (Å²) >= 11 is 1.43. The molecule has 0 radical (unpaired) electrons. The summed E-state index contributed by atoms with van der Waals surface area (Å²) in [5.41, 5.74) is 0. The Morgan fingerprint density at radius 1 is 0.917 bits per heavy atom. The molecular weight excluding hydrogens is 281 g/mol. The van der Waals surface area contributed by atoms with Crippen LogP contribution < -0.4 is 0 Å². The predicted molar refractivity (Wildman–Crippen MR) is 54.0 cm³/mol. The van der Waals surface area contributed by atoms with E-state index in [1.807, 2.05) is 0 Å². The van der Waals surface area contributed by atoms with Crippen molar-refractivity contribution in [2.24, 2.45) is 0 Å². The molecule has 12 heavy (non-hydrogen) atoms. The maximum absolute atomic E-state index is 9.63. The van der Waals surface area contributed by atoms with Crippen LogP contribution in [0.3, 0.4) is 0 Å². The first-order chi connectivity index (χ1) is 5.54. The van der Waals surface area contributed by atoms with E-state index >= 15 is 0 Å². The Bertz CT molecular complexity index is 122. The van der Waals surface area contributed by atoms with Gasteiger partial charge in [0, 0.05) is 0 Å². The van der Waals surface area contributed by atoms with Gasteiger partial charge in [-0.05, 0) is 0 Å². The molecule has 0 aliphatic heterocycles. The topological polar surface area (TPSA) is 74.6 Å². The standard InChI is InChI=1S/2C3H8GeO2/c2*4-2-1-3(5)6/h2*1-2H2,4H3,(H,5,6). The van der Waals surface area contributed by atoms with Gasteiger partial charge in [0.1, 0.15) is 0 Å².